The minimum atomic E-state index is -0.611. The Hall–Kier alpha value is -1.99. The highest BCUT2D eigenvalue weighted by molar-refractivity contribution is 7.07. The highest BCUT2D eigenvalue weighted by Gasteiger charge is 2.16. The van der Waals surface area contributed by atoms with E-state index < -0.39 is 11.9 Å². The Morgan fingerprint density at radius 1 is 1.38 bits per heavy atom. The number of nitrogens with one attached hydrogen (secondary N) is 1. The monoisotopic (exact) mass is 325 g/mol. The Labute approximate surface area is 130 Å². The summed E-state index contributed by atoms with van der Waals surface area (Å²) in [5.74, 6) is -1.05. The minimum absolute atomic E-state index is 0.293. The number of amides is 1. The van der Waals surface area contributed by atoms with E-state index in [0.29, 0.717) is 21.3 Å². The van der Waals surface area contributed by atoms with E-state index >= 15 is 0 Å². The fourth-order valence-corrected chi connectivity index (χ4v) is 2.25. The van der Waals surface area contributed by atoms with Gasteiger partial charge >= 0.3 is 5.97 Å². The van der Waals surface area contributed by atoms with Gasteiger partial charge in [-0.1, -0.05) is 22.2 Å². The summed E-state index contributed by atoms with van der Waals surface area (Å²) >= 11 is 6.80. The molecule has 1 aromatic carbocycles. The van der Waals surface area contributed by atoms with Crippen LogP contribution < -0.4 is 5.32 Å². The molecule has 0 saturated heterocycles. The fraction of sp³-hybridized carbons (Fsp3) is 0.231. The molecule has 2 rings (SSSR count). The number of hydrogen-bond acceptors (Lipinski definition) is 6. The minimum Gasteiger partial charge on any atom is -0.451 e. The lowest BCUT2D eigenvalue weighted by Gasteiger charge is -2.09. The molecule has 1 amide bonds. The Morgan fingerprint density at radius 3 is 2.81 bits per heavy atom. The topological polar surface area (TPSA) is 81.2 Å². The van der Waals surface area contributed by atoms with Crippen molar-refractivity contribution in [3.8, 4) is 0 Å². The van der Waals surface area contributed by atoms with Gasteiger partial charge in [-0.05, 0) is 43.1 Å². The molecule has 0 aliphatic heterocycles. The number of ether oxygens (including phenoxy) is 1. The average Bonchev–Trinajstić information content (AvgIpc) is 2.86. The van der Waals surface area contributed by atoms with Crippen LogP contribution in [0.15, 0.2) is 18.2 Å². The van der Waals surface area contributed by atoms with Gasteiger partial charge in [-0.15, -0.1) is 5.10 Å². The van der Waals surface area contributed by atoms with Crippen LogP contribution in [-0.2, 0) is 9.53 Å². The summed E-state index contributed by atoms with van der Waals surface area (Å²) in [5, 5.41) is 6.86. The largest absolute Gasteiger partial charge is 0.451 e. The molecule has 0 saturated carbocycles. The highest BCUT2D eigenvalue weighted by Crippen LogP contribution is 2.20. The van der Waals surface area contributed by atoms with E-state index in [2.05, 4.69) is 14.9 Å². The van der Waals surface area contributed by atoms with Gasteiger partial charge in [-0.2, -0.15) is 0 Å². The van der Waals surface area contributed by atoms with Crippen molar-refractivity contribution >= 4 is 40.7 Å². The second kappa shape index (κ2) is 6.64. The molecule has 0 spiro atoms. The van der Waals surface area contributed by atoms with Crippen molar-refractivity contribution in [3.05, 3.63) is 39.4 Å². The third kappa shape index (κ3) is 3.99. The number of benzene rings is 1. The van der Waals surface area contributed by atoms with Gasteiger partial charge < -0.3 is 10.1 Å². The third-order valence-electron chi connectivity index (χ3n) is 2.65. The Balaban J connectivity index is 1.92. The quantitative estimate of drug-likeness (QED) is 0.874. The highest BCUT2D eigenvalue weighted by atomic mass is 35.5. The molecule has 1 N–H and O–H groups in total. The number of hydrogen-bond donors (Lipinski definition) is 1. The average molecular weight is 326 g/mol. The van der Waals surface area contributed by atoms with E-state index in [1.54, 1.807) is 25.1 Å². The van der Waals surface area contributed by atoms with Crippen LogP contribution in [0, 0.1) is 13.8 Å². The van der Waals surface area contributed by atoms with Gasteiger partial charge in [0.15, 0.2) is 11.5 Å². The van der Waals surface area contributed by atoms with Gasteiger partial charge in [-0.3, -0.25) is 4.79 Å². The van der Waals surface area contributed by atoms with Crippen molar-refractivity contribution in [3.63, 3.8) is 0 Å². The number of rotatable bonds is 4. The van der Waals surface area contributed by atoms with Crippen LogP contribution in [0.2, 0.25) is 5.02 Å². The summed E-state index contributed by atoms with van der Waals surface area (Å²) in [4.78, 5) is 23.8. The molecule has 0 aliphatic carbocycles. The summed E-state index contributed by atoms with van der Waals surface area (Å²) in [6, 6.07) is 5.15. The predicted octanol–water partition coefficient (Wildman–Crippen LogP) is 2.60. The summed E-state index contributed by atoms with van der Waals surface area (Å²) in [5.41, 5.74) is 1.93. The van der Waals surface area contributed by atoms with Crippen LogP contribution in [-0.4, -0.2) is 28.1 Å². The molecule has 8 heteroatoms. The van der Waals surface area contributed by atoms with Crippen molar-refractivity contribution in [1.29, 1.82) is 0 Å². The van der Waals surface area contributed by atoms with Crippen LogP contribution in [0.25, 0.3) is 0 Å². The zero-order chi connectivity index (χ0) is 15.4. The SMILES string of the molecule is Cc1ccc(Cl)cc1NC(=O)COC(=O)c1snnc1C. The Kier molecular flexibility index (Phi) is 4.87. The van der Waals surface area contributed by atoms with Gasteiger partial charge in [0.25, 0.3) is 5.91 Å². The van der Waals surface area contributed by atoms with Crippen molar-refractivity contribution in [1.82, 2.24) is 9.59 Å². The molecular formula is C13H12ClN3O3S. The van der Waals surface area contributed by atoms with Gasteiger partial charge in [0.2, 0.25) is 0 Å². The number of halogens is 1. The second-order valence-electron chi connectivity index (χ2n) is 4.27. The van der Waals surface area contributed by atoms with Crippen molar-refractivity contribution in [2.75, 3.05) is 11.9 Å². The van der Waals surface area contributed by atoms with E-state index in [4.69, 9.17) is 16.3 Å². The van der Waals surface area contributed by atoms with E-state index in [0.717, 1.165) is 17.1 Å². The number of aryl methyl sites for hydroxylation is 2. The summed E-state index contributed by atoms with van der Waals surface area (Å²) in [7, 11) is 0. The van der Waals surface area contributed by atoms with Gasteiger partial charge in [0.1, 0.15) is 0 Å². The standard InChI is InChI=1S/C13H12ClN3O3S/c1-7-3-4-9(14)5-10(7)15-11(18)6-20-13(19)12-8(2)16-17-21-12/h3-5H,6H2,1-2H3,(H,15,18). The summed E-state index contributed by atoms with van der Waals surface area (Å²) < 4.78 is 8.55. The first-order valence-corrected chi connectivity index (χ1v) is 7.14. The maximum Gasteiger partial charge on any atom is 0.352 e. The lowest BCUT2D eigenvalue weighted by Crippen LogP contribution is -2.21. The van der Waals surface area contributed by atoms with E-state index in [-0.39, 0.29) is 6.61 Å². The molecule has 0 fully saturated rings. The number of aromatic nitrogens is 2. The smallest absolute Gasteiger partial charge is 0.352 e. The number of nitrogens with zero attached hydrogens (tertiary/aromatic N) is 2. The number of esters is 1. The van der Waals surface area contributed by atoms with Crippen molar-refractivity contribution in [2.45, 2.75) is 13.8 Å². The zero-order valence-corrected chi connectivity index (χ0v) is 12.9. The summed E-state index contributed by atoms with van der Waals surface area (Å²) in [6.07, 6.45) is 0. The third-order valence-corrected chi connectivity index (χ3v) is 3.69. The molecule has 2 aromatic rings. The number of carbonyl (C=O) groups is 2. The predicted molar refractivity (Wildman–Crippen MR) is 79.7 cm³/mol. The molecule has 0 bridgehead atoms. The first kappa shape index (κ1) is 15.4. The molecule has 0 radical (unpaired) electrons. The summed E-state index contributed by atoms with van der Waals surface area (Å²) in [6.45, 7) is 3.10. The molecule has 21 heavy (non-hydrogen) atoms. The normalized spacial score (nSPS) is 10.2. The number of anilines is 1. The maximum atomic E-state index is 11.8. The molecular weight excluding hydrogens is 314 g/mol. The van der Waals surface area contributed by atoms with Crippen LogP contribution in [0.3, 0.4) is 0 Å². The van der Waals surface area contributed by atoms with E-state index in [9.17, 15) is 9.59 Å². The maximum absolute atomic E-state index is 11.8. The lowest BCUT2D eigenvalue weighted by molar-refractivity contribution is -0.119. The van der Waals surface area contributed by atoms with Gasteiger partial charge in [0, 0.05) is 10.7 Å². The lowest BCUT2D eigenvalue weighted by atomic mass is 10.2. The van der Waals surface area contributed by atoms with Crippen LogP contribution in [0.5, 0.6) is 0 Å². The molecule has 1 aromatic heterocycles. The van der Waals surface area contributed by atoms with E-state index in [1.807, 2.05) is 6.92 Å². The molecule has 6 nitrogen and oxygen atoms in total. The van der Waals surface area contributed by atoms with Crippen molar-refractivity contribution < 1.29 is 14.3 Å². The van der Waals surface area contributed by atoms with Crippen LogP contribution >= 0.6 is 23.1 Å². The van der Waals surface area contributed by atoms with Crippen molar-refractivity contribution in [2.24, 2.45) is 0 Å². The van der Waals surface area contributed by atoms with E-state index in [1.165, 1.54) is 0 Å². The second-order valence-corrected chi connectivity index (χ2v) is 5.46. The zero-order valence-electron chi connectivity index (χ0n) is 11.3. The molecule has 0 atom stereocenters. The van der Waals surface area contributed by atoms with Gasteiger partial charge in [0.05, 0.1) is 5.69 Å². The van der Waals surface area contributed by atoms with Crippen LogP contribution in [0.4, 0.5) is 5.69 Å². The number of carbonyl (C=O) groups excluding carboxylic acids is 2. The first-order chi connectivity index (χ1) is 9.97. The van der Waals surface area contributed by atoms with Crippen LogP contribution in [0.1, 0.15) is 20.9 Å². The van der Waals surface area contributed by atoms with Gasteiger partial charge in [-0.25, -0.2) is 4.79 Å². The molecule has 0 unspecified atom stereocenters. The molecule has 0 aliphatic rings. The molecule has 110 valence electrons. The Morgan fingerprint density at radius 2 is 2.14 bits per heavy atom. The molecule has 1 heterocycles. The fourth-order valence-electron chi connectivity index (χ4n) is 1.53. The first-order valence-electron chi connectivity index (χ1n) is 5.99. The Bertz CT molecular complexity index is 687.